The number of anilines is 1. The van der Waals surface area contributed by atoms with Crippen molar-refractivity contribution in [2.24, 2.45) is 0 Å². The smallest absolute Gasteiger partial charge is 0.263 e. The highest BCUT2D eigenvalue weighted by Crippen LogP contribution is 2.35. The number of pyridine rings is 1. The summed E-state index contributed by atoms with van der Waals surface area (Å²) in [6, 6.07) is 5.85. The first kappa shape index (κ1) is 23.9. The Morgan fingerprint density at radius 1 is 1.23 bits per heavy atom. The fourth-order valence-corrected chi connectivity index (χ4v) is 5.57. The van der Waals surface area contributed by atoms with Crippen LogP contribution in [0.4, 0.5) is 14.5 Å². The predicted octanol–water partition coefficient (Wildman–Crippen LogP) is 2.80. The van der Waals surface area contributed by atoms with Gasteiger partial charge in [0, 0.05) is 30.7 Å². The number of fused-ring (bicyclic) bond motifs is 2. The van der Waals surface area contributed by atoms with E-state index in [1.54, 1.807) is 7.05 Å². The van der Waals surface area contributed by atoms with Crippen LogP contribution in [0.25, 0.3) is 10.2 Å². The van der Waals surface area contributed by atoms with Gasteiger partial charge in [-0.25, -0.2) is 13.8 Å². The van der Waals surface area contributed by atoms with Crippen molar-refractivity contribution in [3.05, 3.63) is 52.0 Å². The normalized spacial score (nSPS) is 23.5. The van der Waals surface area contributed by atoms with E-state index in [4.69, 9.17) is 14.2 Å². The molecule has 8 nitrogen and oxygen atoms in total. The number of nitrogens with zero attached hydrogens (tertiary/aromatic N) is 1. The number of carbonyl (C=O) groups is 1. The summed E-state index contributed by atoms with van der Waals surface area (Å²) >= 11 is 1.27. The number of thiophene rings is 1. The minimum atomic E-state index is -0.759. The average Bonchev–Trinajstić information content (AvgIpc) is 3.51. The van der Waals surface area contributed by atoms with Crippen molar-refractivity contribution in [1.29, 1.82) is 0 Å². The minimum absolute atomic E-state index is 0.0957. The zero-order valence-corrected chi connectivity index (χ0v) is 20.0. The number of nitrogens with one attached hydrogen (secondary N) is 2. The lowest BCUT2D eigenvalue weighted by Crippen LogP contribution is -2.34. The van der Waals surface area contributed by atoms with Crippen LogP contribution in [0.5, 0.6) is 5.75 Å². The van der Waals surface area contributed by atoms with Crippen LogP contribution in [0.1, 0.15) is 20.9 Å². The first-order valence-corrected chi connectivity index (χ1v) is 12.1. The number of halogens is 2. The standard InChI is InChI=1S/C24H25F2N3O5S/c1-11-3-4-13-19(27-2)22(35-24(13)29-11)23(31)28-6-5-12-7-15(26)17(8-14(12)25)34-18-10-33-20-16(30)9-32-21(18)20/h3-4,7-8,16,18,20-21,27,30H,5-6,9-10H2,1-2H3,(H,28,31). The van der Waals surface area contributed by atoms with E-state index in [-0.39, 0.29) is 43.4 Å². The Balaban J connectivity index is 1.22. The molecule has 0 radical (unpaired) electrons. The van der Waals surface area contributed by atoms with Crippen LogP contribution in [0, 0.1) is 18.6 Å². The van der Waals surface area contributed by atoms with Gasteiger partial charge in [0.25, 0.3) is 5.91 Å². The number of ether oxygens (including phenoxy) is 3. The Bertz CT molecular complexity index is 1270. The second kappa shape index (κ2) is 9.65. The van der Waals surface area contributed by atoms with Crippen molar-refractivity contribution in [2.45, 2.75) is 37.8 Å². The molecule has 11 heteroatoms. The number of aliphatic hydroxyl groups is 1. The summed E-state index contributed by atoms with van der Waals surface area (Å²) in [4.78, 5) is 18.5. The average molecular weight is 506 g/mol. The Labute approximate surface area is 204 Å². The Kier molecular flexibility index (Phi) is 6.58. The maximum atomic E-state index is 14.7. The van der Waals surface area contributed by atoms with Crippen molar-refractivity contribution in [2.75, 3.05) is 32.1 Å². The van der Waals surface area contributed by atoms with Crippen LogP contribution in [0.3, 0.4) is 0 Å². The van der Waals surface area contributed by atoms with Gasteiger partial charge in [-0.3, -0.25) is 4.79 Å². The van der Waals surface area contributed by atoms with E-state index in [1.165, 1.54) is 11.3 Å². The molecule has 3 aromatic rings. The van der Waals surface area contributed by atoms with E-state index in [0.717, 1.165) is 28.0 Å². The van der Waals surface area contributed by atoms with Gasteiger partial charge < -0.3 is 30.0 Å². The molecule has 3 N–H and O–H groups in total. The maximum absolute atomic E-state index is 14.7. The van der Waals surface area contributed by atoms with Crippen molar-refractivity contribution in [3.63, 3.8) is 0 Å². The number of amides is 1. The number of rotatable bonds is 7. The SMILES string of the molecule is CNc1c(C(=O)NCCc2cc(F)c(OC3COC4C(O)COC34)cc2F)sc2nc(C)ccc12. The monoisotopic (exact) mass is 505 g/mol. The van der Waals surface area contributed by atoms with Crippen LogP contribution in [-0.2, 0) is 15.9 Å². The first-order valence-electron chi connectivity index (χ1n) is 11.3. The third-order valence-corrected chi connectivity index (χ3v) is 7.29. The summed E-state index contributed by atoms with van der Waals surface area (Å²) in [5, 5.41) is 16.5. The molecule has 2 aliphatic heterocycles. The number of hydrogen-bond acceptors (Lipinski definition) is 8. The Hall–Kier alpha value is -2.86. The second-order valence-corrected chi connectivity index (χ2v) is 9.56. The third kappa shape index (κ3) is 4.56. The number of benzene rings is 1. The Morgan fingerprint density at radius 3 is 2.83 bits per heavy atom. The molecule has 0 spiro atoms. The molecule has 0 bridgehead atoms. The first-order chi connectivity index (χ1) is 16.9. The highest BCUT2D eigenvalue weighted by molar-refractivity contribution is 7.21. The molecule has 4 atom stereocenters. The summed E-state index contributed by atoms with van der Waals surface area (Å²) in [6.07, 6.45) is -2.36. The van der Waals surface area contributed by atoms with E-state index in [0.29, 0.717) is 10.6 Å². The molecule has 0 saturated carbocycles. The third-order valence-electron chi connectivity index (χ3n) is 6.19. The summed E-state index contributed by atoms with van der Waals surface area (Å²) in [5.74, 6) is -1.93. The number of aliphatic hydroxyl groups excluding tert-OH is 1. The summed E-state index contributed by atoms with van der Waals surface area (Å²) in [6.45, 7) is 2.23. The molecule has 1 aromatic carbocycles. The van der Waals surface area contributed by atoms with E-state index in [9.17, 15) is 18.7 Å². The van der Waals surface area contributed by atoms with E-state index in [1.807, 2.05) is 19.1 Å². The van der Waals surface area contributed by atoms with Crippen LogP contribution in [0.15, 0.2) is 24.3 Å². The highest BCUT2D eigenvalue weighted by atomic mass is 32.1. The van der Waals surface area contributed by atoms with Gasteiger partial charge in [-0.15, -0.1) is 11.3 Å². The molecule has 4 unspecified atom stereocenters. The summed E-state index contributed by atoms with van der Waals surface area (Å²) in [7, 11) is 1.73. The van der Waals surface area contributed by atoms with Gasteiger partial charge in [0.2, 0.25) is 0 Å². The zero-order chi connectivity index (χ0) is 24.7. The summed E-state index contributed by atoms with van der Waals surface area (Å²) < 4.78 is 45.9. The van der Waals surface area contributed by atoms with Crippen molar-refractivity contribution >= 4 is 33.1 Å². The molecular weight excluding hydrogens is 480 g/mol. The highest BCUT2D eigenvalue weighted by Gasteiger charge is 2.48. The Morgan fingerprint density at radius 2 is 2.03 bits per heavy atom. The fourth-order valence-electron chi connectivity index (χ4n) is 4.43. The molecule has 186 valence electrons. The molecule has 2 saturated heterocycles. The quantitative estimate of drug-likeness (QED) is 0.454. The molecule has 0 aliphatic carbocycles. The number of hydrogen-bond donors (Lipinski definition) is 3. The molecule has 2 aliphatic rings. The second-order valence-electron chi connectivity index (χ2n) is 8.56. The van der Waals surface area contributed by atoms with Gasteiger partial charge in [0.1, 0.15) is 33.8 Å². The van der Waals surface area contributed by atoms with Gasteiger partial charge >= 0.3 is 0 Å². The maximum Gasteiger partial charge on any atom is 0.263 e. The van der Waals surface area contributed by atoms with Crippen molar-refractivity contribution < 1.29 is 32.9 Å². The van der Waals surface area contributed by atoms with Crippen LogP contribution < -0.4 is 15.4 Å². The van der Waals surface area contributed by atoms with Crippen molar-refractivity contribution in [1.82, 2.24) is 10.3 Å². The van der Waals surface area contributed by atoms with Gasteiger partial charge in [-0.2, -0.15) is 0 Å². The van der Waals surface area contributed by atoms with Gasteiger partial charge in [0.05, 0.1) is 18.9 Å². The lowest BCUT2D eigenvalue weighted by Gasteiger charge is -2.19. The van der Waals surface area contributed by atoms with Crippen LogP contribution in [-0.4, -0.2) is 67.2 Å². The fraction of sp³-hybridized carbons (Fsp3) is 0.417. The van der Waals surface area contributed by atoms with E-state index in [2.05, 4.69) is 15.6 Å². The lowest BCUT2D eigenvalue weighted by atomic mass is 10.1. The van der Waals surface area contributed by atoms with Gasteiger partial charge in [-0.1, -0.05) is 0 Å². The largest absolute Gasteiger partial charge is 0.482 e. The van der Waals surface area contributed by atoms with Crippen LogP contribution >= 0.6 is 11.3 Å². The number of aryl methyl sites for hydroxylation is 1. The van der Waals surface area contributed by atoms with E-state index >= 15 is 0 Å². The van der Waals surface area contributed by atoms with Crippen LogP contribution in [0.2, 0.25) is 0 Å². The molecule has 5 rings (SSSR count). The molecule has 2 aromatic heterocycles. The predicted molar refractivity (Wildman–Crippen MR) is 126 cm³/mol. The lowest BCUT2D eigenvalue weighted by molar-refractivity contribution is 0.00789. The van der Waals surface area contributed by atoms with Gasteiger partial charge in [0.15, 0.2) is 17.7 Å². The molecule has 1 amide bonds. The molecule has 2 fully saturated rings. The number of aromatic nitrogens is 1. The molecule has 4 heterocycles. The topological polar surface area (TPSA) is 102 Å². The van der Waals surface area contributed by atoms with E-state index < -0.39 is 36.1 Å². The number of carbonyl (C=O) groups excluding carboxylic acids is 1. The molecule has 35 heavy (non-hydrogen) atoms. The summed E-state index contributed by atoms with van der Waals surface area (Å²) in [5.41, 5.74) is 1.66. The zero-order valence-electron chi connectivity index (χ0n) is 19.1. The minimum Gasteiger partial charge on any atom is -0.482 e. The molecular formula is C24H25F2N3O5S. The van der Waals surface area contributed by atoms with Gasteiger partial charge in [-0.05, 0) is 37.1 Å². The van der Waals surface area contributed by atoms with Crippen molar-refractivity contribution in [3.8, 4) is 5.75 Å².